The average molecular weight is 534 g/mol. The Kier molecular flexibility index (Phi) is 5.41. The first kappa shape index (κ1) is 19.8. The number of para-hydroxylation sites is 2. The van der Waals surface area contributed by atoms with Crippen LogP contribution >= 0.6 is 34.2 Å². The fourth-order valence-corrected chi connectivity index (χ4v) is 4.37. The van der Waals surface area contributed by atoms with Crippen molar-refractivity contribution in [2.24, 2.45) is 0 Å². The SMILES string of the molecule is O=C(c1cc(I)ccc1Cl)N1CCN(c2nc3ccccc3nc2NC2CC2)CC1. The largest absolute Gasteiger partial charge is 0.364 e. The van der Waals surface area contributed by atoms with Gasteiger partial charge in [0.15, 0.2) is 11.6 Å². The van der Waals surface area contributed by atoms with Gasteiger partial charge in [-0.25, -0.2) is 9.97 Å². The van der Waals surface area contributed by atoms with Crippen molar-refractivity contribution in [2.75, 3.05) is 36.4 Å². The second kappa shape index (κ2) is 8.19. The van der Waals surface area contributed by atoms with E-state index in [0.717, 1.165) is 26.2 Å². The van der Waals surface area contributed by atoms with E-state index in [2.05, 4.69) is 32.8 Å². The number of fused-ring (bicyclic) bond motifs is 1. The lowest BCUT2D eigenvalue weighted by atomic mass is 10.2. The highest BCUT2D eigenvalue weighted by Crippen LogP contribution is 2.31. The van der Waals surface area contributed by atoms with Gasteiger partial charge in [-0.2, -0.15) is 0 Å². The number of piperazine rings is 1. The number of rotatable bonds is 4. The molecule has 154 valence electrons. The van der Waals surface area contributed by atoms with E-state index in [9.17, 15) is 4.79 Å². The Morgan fingerprint density at radius 1 is 1.03 bits per heavy atom. The molecule has 0 atom stereocenters. The summed E-state index contributed by atoms with van der Waals surface area (Å²) in [5.74, 6) is 1.70. The van der Waals surface area contributed by atoms with Crippen molar-refractivity contribution in [1.82, 2.24) is 14.9 Å². The van der Waals surface area contributed by atoms with Crippen LogP contribution in [0.25, 0.3) is 11.0 Å². The predicted octanol–water partition coefficient (Wildman–Crippen LogP) is 4.42. The molecule has 30 heavy (non-hydrogen) atoms. The Hall–Kier alpha value is -2.13. The molecule has 8 heteroatoms. The van der Waals surface area contributed by atoms with Gasteiger partial charge in [0, 0.05) is 35.8 Å². The highest BCUT2D eigenvalue weighted by Gasteiger charge is 2.28. The lowest BCUT2D eigenvalue weighted by Gasteiger charge is -2.36. The van der Waals surface area contributed by atoms with Crippen LogP contribution in [0.3, 0.4) is 0 Å². The minimum absolute atomic E-state index is 0.0147. The number of nitrogens with one attached hydrogen (secondary N) is 1. The molecular formula is C22H21ClIN5O. The highest BCUT2D eigenvalue weighted by molar-refractivity contribution is 14.1. The first-order valence-corrected chi connectivity index (χ1v) is 11.6. The number of carbonyl (C=O) groups is 1. The second-order valence-electron chi connectivity index (χ2n) is 7.71. The number of hydrogen-bond acceptors (Lipinski definition) is 5. The standard InChI is InChI=1S/C22H21ClIN5O/c23-17-8-5-14(24)13-16(17)22(30)29-11-9-28(10-12-29)21-20(25-15-6-7-15)26-18-3-1-2-4-19(18)27-21/h1-5,8,13,15H,6-7,9-12H2,(H,25,26). The zero-order chi connectivity index (χ0) is 20.7. The van der Waals surface area contributed by atoms with Gasteiger partial charge in [-0.1, -0.05) is 23.7 Å². The first-order chi connectivity index (χ1) is 14.6. The third kappa shape index (κ3) is 4.05. The molecule has 2 fully saturated rings. The van der Waals surface area contributed by atoms with E-state index < -0.39 is 0 Å². The molecular weight excluding hydrogens is 513 g/mol. The zero-order valence-electron chi connectivity index (χ0n) is 16.3. The average Bonchev–Trinajstić information content (AvgIpc) is 3.59. The maximum atomic E-state index is 13.0. The van der Waals surface area contributed by atoms with Gasteiger partial charge in [-0.3, -0.25) is 4.79 Å². The zero-order valence-corrected chi connectivity index (χ0v) is 19.2. The molecule has 2 aliphatic rings. The molecule has 5 rings (SSSR count). The Morgan fingerprint density at radius 3 is 2.43 bits per heavy atom. The molecule has 3 aromatic rings. The van der Waals surface area contributed by atoms with Crippen molar-refractivity contribution in [2.45, 2.75) is 18.9 Å². The van der Waals surface area contributed by atoms with Crippen LogP contribution < -0.4 is 10.2 Å². The summed E-state index contributed by atoms with van der Waals surface area (Å²) in [6.45, 7) is 2.66. The summed E-state index contributed by atoms with van der Waals surface area (Å²) in [6, 6.07) is 14.0. The summed E-state index contributed by atoms with van der Waals surface area (Å²) < 4.78 is 1.00. The third-order valence-electron chi connectivity index (χ3n) is 5.50. The summed E-state index contributed by atoms with van der Waals surface area (Å²) in [4.78, 5) is 26.8. The van der Waals surface area contributed by atoms with Crippen LogP contribution in [0.4, 0.5) is 11.6 Å². The topological polar surface area (TPSA) is 61.4 Å². The Bertz CT molecular complexity index is 1110. The number of carbonyl (C=O) groups excluding carboxylic acids is 1. The van der Waals surface area contributed by atoms with Gasteiger partial charge < -0.3 is 15.1 Å². The van der Waals surface area contributed by atoms with Gasteiger partial charge in [0.05, 0.1) is 21.6 Å². The second-order valence-corrected chi connectivity index (χ2v) is 9.36. The van der Waals surface area contributed by atoms with Crippen LogP contribution in [-0.2, 0) is 0 Å². The predicted molar refractivity (Wildman–Crippen MR) is 128 cm³/mol. The number of amides is 1. The van der Waals surface area contributed by atoms with Gasteiger partial charge in [0.25, 0.3) is 5.91 Å². The van der Waals surface area contributed by atoms with Gasteiger partial charge in [-0.15, -0.1) is 0 Å². The van der Waals surface area contributed by atoms with Crippen molar-refractivity contribution in [3.05, 3.63) is 56.6 Å². The number of anilines is 2. The number of benzene rings is 2. The maximum absolute atomic E-state index is 13.0. The summed E-state index contributed by atoms with van der Waals surface area (Å²) in [5, 5.41) is 4.03. The lowest BCUT2D eigenvalue weighted by Crippen LogP contribution is -2.49. The van der Waals surface area contributed by atoms with Crippen LogP contribution in [0.1, 0.15) is 23.2 Å². The summed E-state index contributed by atoms with van der Waals surface area (Å²) in [5.41, 5.74) is 2.35. The smallest absolute Gasteiger partial charge is 0.255 e. The van der Waals surface area contributed by atoms with Crippen LogP contribution in [-0.4, -0.2) is 53.0 Å². The van der Waals surface area contributed by atoms with Gasteiger partial charge in [-0.05, 0) is 65.8 Å². The molecule has 2 aromatic carbocycles. The quantitative estimate of drug-likeness (QED) is 0.503. The number of aromatic nitrogens is 2. The molecule has 1 aromatic heterocycles. The van der Waals surface area contributed by atoms with E-state index in [-0.39, 0.29) is 5.91 Å². The van der Waals surface area contributed by atoms with Crippen LogP contribution in [0.5, 0.6) is 0 Å². The van der Waals surface area contributed by atoms with Gasteiger partial charge in [0.2, 0.25) is 0 Å². The maximum Gasteiger partial charge on any atom is 0.255 e. The van der Waals surface area contributed by atoms with Gasteiger partial charge >= 0.3 is 0 Å². The Morgan fingerprint density at radius 2 is 1.73 bits per heavy atom. The van der Waals surface area contributed by atoms with Crippen molar-refractivity contribution < 1.29 is 4.79 Å². The van der Waals surface area contributed by atoms with Gasteiger partial charge in [0.1, 0.15) is 0 Å². The van der Waals surface area contributed by atoms with E-state index in [1.807, 2.05) is 41.3 Å². The van der Waals surface area contributed by atoms with Crippen molar-refractivity contribution in [3.8, 4) is 0 Å². The number of halogens is 2. The van der Waals surface area contributed by atoms with Crippen molar-refractivity contribution in [3.63, 3.8) is 0 Å². The molecule has 6 nitrogen and oxygen atoms in total. The Labute approximate surface area is 193 Å². The van der Waals surface area contributed by atoms with Crippen LogP contribution in [0, 0.1) is 3.57 Å². The fourth-order valence-electron chi connectivity index (χ4n) is 3.68. The molecule has 1 aliphatic carbocycles. The number of nitrogens with zero attached hydrogens (tertiary/aromatic N) is 4. The van der Waals surface area contributed by atoms with E-state index >= 15 is 0 Å². The first-order valence-electron chi connectivity index (χ1n) is 10.1. The van der Waals surface area contributed by atoms with E-state index in [1.165, 1.54) is 12.8 Å². The normalized spacial score (nSPS) is 16.7. The molecule has 1 saturated heterocycles. The summed E-state index contributed by atoms with van der Waals surface area (Å²) in [7, 11) is 0. The highest BCUT2D eigenvalue weighted by atomic mass is 127. The minimum Gasteiger partial charge on any atom is -0.364 e. The molecule has 0 radical (unpaired) electrons. The fraction of sp³-hybridized carbons (Fsp3) is 0.318. The number of hydrogen-bond donors (Lipinski definition) is 1. The lowest BCUT2D eigenvalue weighted by molar-refractivity contribution is 0.0746. The van der Waals surface area contributed by atoms with Crippen LogP contribution in [0.2, 0.25) is 5.02 Å². The van der Waals surface area contributed by atoms with Crippen LogP contribution in [0.15, 0.2) is 42.5 Å². The summed E-state index contributed by atoms with van der Waals surface area (Å²) >= 11 is 8.48. The molecule has 0 unspecified atom stereocenters. The Balaban J connectivity index is 1.36. The molecule has 1 amide bonds. The van der Waals surface area contributed by atoms with E-state index in [0.29, 0.717) is 42.8 Å². The molecule has 1 saturated carbocycles. The molecule has 0 spiro atoms. The molecule has 1 aliphatic heterocycles. The third-order valence-corrected chi connectivity index (χ3v) is 6.50. The van der Waals surface area contributed by atoms with E-state index in [1.54, 1.807) is 6.07 Å². The monoisotopic (exact) mass is 533 g/mol. The van der Waals surface area contributed by atoms with Crippen molar-refractivity contribution >= 4 is 62.8 Å². The van der Waals surface area contributed by atoms with Crippen molar-refractivity contribution in [1.29, 1.82) is 0 Å². The summed E-state index contributed by atoms with van der Waals surface area (Å²) in [6.07, 6.45) is 2.35. The van der Waals surface area contributed by atoms with E-state index in [4.69, 9.17) is 21.6 Å². The minimum atomic E-state index is -0.0147. The molecule has 1 N–H and O–H groups in total. The molecule has 2 heterocycles. The molecule has 0 bridgehead atoms.